The number of halogens is 1. The van der Waals surface area contributed by atoms with Crippen LogP contribution in [-0.4, -0.2) is 22.1 Å². The van der Waals surface area contributed by atoms with Gasteiger partial charge in [0.05, 0.1) is 11.7 Å². The second-order valence-electron chi connectivity index (χ2n) is 9.19. The van der Waals surface area contributed by atoms with E-state index in [-0.39, 0.29) is 6.04 Å². The van der Waals surface area contributed by atoms with Crippen LogP contribution >= 0.6 is 11.3 Å². The van der Waals surface area contributed by atoms with E-state index in [9.17, 15) is 9.50 Å². The van der Waals surface area contributed by atoms with Crippen LogP contribution in [0.15, 0.2) is 24.4 Å². The van der Waals surface area contributed by atoms with Crippen LogP contribution < -0.4 is 5.32 Å². The lowest BCUT2D eigenvalue weighted by Crippen LogP contribution is -2.17. The van der Waals surface area contributed by atoms with E-state index < -0.39 is 11.5 Å². The van der Waals surface area contributed by atoms with Gasteiger partial charge in [-0.15, -0.1) is 11.3 Å². The zero-order valence-corrected chi connectivity index (χ0v) is 19.1. The van der Waals surface area contributed by atoms with E-state index >= 15 is 0 Å². The number of aryl methyl sites for hydroxylation is 2. The molecule has 162 valence electrons. The normalized spacial score (nSPS) is 16.4. The lowest BCUT2D eigenvalue weighted by atomic mass is 9.91. The number of aromatic nitrogens is 2. The van der Waals surface area contributed by atoms with Crippen molar-refractivity contribution in [2.75, 3.05) is 7.05 Å². The average Bonchev–Trinajstić information content (AvgIpc) is 3.46. The molecule has 5 rings (SSSR count). The van der Waals surface area contributed by atoms with Gasteiger partial charge in [-0.05, 0) is 99.4 Å². The second kappa shape index (κ2) is 7.76. The lowest BCUT2D eigenvalue weighted by molar-refractivity contribution is 0.0783. The Morgan fingerprint density at radius 3 is 2.32 bits per heavy atom. The van der Waals surface area contributed by atoms with Crippen LogP contribution in [0.2, 0.25) is 0 Å². The van der Waals surface area contributed by atoms with E-state index in [1.54, 1.807) is 20.0 Å². The third-order valence-corrected chi connectivity index (χ3v) is 7.87. The number of pyridine rings is 1. The number of nitrogens with one attached hydrogen (secondary N) is 1. The first kappa shape index (κ1) is 20.7. The van der Waals surface area contributed by atoms with Crippen LogP contribution in [-0.2, 0) is 31.3 Å². The minimum absolute atomic E-state index is 0.213. The summed E-state index contributed by atoms with van der Waals surface area (Å²) >= 11 is 1.45. The van der Waals surface area contributed by atoms with Crippen LogP contribution in [0.1, 0.15) is 70.4 Å². The molecule has 0 radical (unpaired) electrons. The van der Waals surface area contributed by atoms with E-state index in [0.29, 0.717) is 5.01 Å². The molecule has 0 spiro atoms. The highest BCUT2D eigenvalue weighted by Crippen LogP contribution is 2.41. The highest BCUT2D eigenvalue weighted by Gasteiger charge is 2.28. The maximum absolute atomic E-state index is 14.8. The van der Waals surface area contributed by atoms with Gasteiger partial charge in [0.25, 0.3) is 0 Å². The molecule has 0 aliphatic heterocycles. The minimum Gasteiger partial charge on any atom is -0.383 e. The van der Waals surface area contributed by atoms with Gasteiger partial charge in [-0.1, -0.05) is 6.07 Å². The van der Waals surface area contributed by atoms with Gasteiger partial charge >= 0.3 is 0 Å². The SMILES string of the molecule is CNC(c1cc(F)nc(-c2c3c(cc4c2CCC4)CCC3)c1)c1cnc(C(C)(C)O)s1. The molecule has 6 heteroatoms. The Labute approximate surface area is 186 Å². The van der Waals surface area contributed by atoms with Gasteiger partial charge in [0.2, 0.25) is 5.95 Å². The van der Waals surface area contributed by atoms with E-state index in [1.165, 1.54) is 45.2 Å². The van der Waals surface area contributed by atoms with Gasteiger partial charge in [0.15, 0.2) is 0 Å². The van der Waals surface area contributed by atoms with Crippen molar-refractivity contribution in [3.05, 3.63) is 68.0 Å². The molecule has 31 heavy (non-hydrogen) atoms. The van der Waals surface area contributed by atoms with Gasteiger partial charge in [-0.25, -0.2) is 9.97 Å². The zero-order valence-electron chi connectivity index (χ0n) is 18.3. The molecule has 2 aliphatic carbocycles. The van der Waals surface area contributed by atoms with Gasteiger partial charge < -0.3 is 10.4 Å². The Morgan fingerprint density at radius 2 is 1.74 bits per heavy atom. The summed E-state index contributed by atoms with van der Waals surface area (Å²) in [6.07, 6.45) is 8.40. The van der Waals surface area contributed by atoms with Crippen LogP contribution in [0, 0.1) is 5.95 Å². The Kier molecular flexibility index (Phi) is 5.19. The molecule has 1 aromatic carbocycles. The number of rotatable bonds is 5. The molecule has 0 amide bonds. The smallest absolute Gasteiger partial charge is 0.213 e. The van der Waals surface area contributed by atoms with Crippen LogP contribution in [0.5, 0.6) is 0 Å². The topological polar surface area (TPSA) is 58.0 Å². The van der Waals surface area contributed by atoms with Crippen molar-refractivity contribution in [1.29, 1.82) is 0 Å². The van der Waals surface area contributed by atoms with E-state index in [1.807, 2.05) is 13.1 Å². The number of benzene rings is 1. The van der Waals surface area contributed by atoms with E-state index in [2.05, 4.69) is 21.4 Å². The molecule has 3 aromatic rings. The molecule has 2 N–H and O–H groups in total. The van der Waals surface area contributed by atoms with Crippen molar-refractivity contribution in [3.63, 3.8) is 0 Å². The summed E-state index contributed by atoms with van der Waals surface area (Å²) in [6, 6.07) is 5.73. The number of hydrogen-bond donors (Lipinski definition) is 2. The predicted octanol–water partition coefficient (Wildman–Crippen LogP) is 4.86. The minimum atomic E-state index is -0.999. The fraction of sp³-hybridized carbons (Fsp3) is 0.440. The predicted molar refractivity (Wildman–Crippen MR) is 122 cm³/mol. The van der Waals surface area contributed by atoms with Crippen molar-refractivity contribution >= 4 is 11.3 Å². The number of thiazole rings is 1. The fourth-order valence-electron chi connectivity index (χ4n) is 5.11. The van der Waals surface area contributed by atoms with Crippen LogP contribution in [0.3, 0.4) is 0 Å². The van der Waals surface area contributed by atoms with Gasteiger partial charge in [0, 0.05) is 16.6 Å². The molecule has 2 aliphatic rings. The van der Waals surface area contributed by atoms with Gasteiger partial charge in [-0.2, -0.15) is 4.39 Å². The third kappa shape index (κ3) is 3.71. The standard InChI is InChI=1S/C25H28FN3OS/c1-25(2,30)24-28-13-20(31-24)23(27-3)16-11-19(29-21(26)12-16)22-17-8-4-6-14(17)10-15-7-5-9-18(15)22/h10-13,23,27,30H,4-9H2,1-3H3. The monoisotopic (exact) mass is 437 g/mol. The average molecular weight is 438 g/mol. The summed E-state index contributed by atoms with van der Waals surface area (Å²) in [7, 11) is 1.87. The molecular weight excluding hydrogens is 409 g/mol. The van der Waals surface area contributed by atoms with Gasteiger partial charge in [0.1, 0.15) is 10.6 Å². The van der Waals surface area contributed by atoms with Crippen LogP contribution in [0.4, 0.5) is 4.39 Å². The molecule has 0 bridgehead atoms. The molecule has 0 saturated heterocycles. The zero-order chi connectivity index (χ0) is 21.8. The maximum atomic E-state index is 14.8. The third-order valence-electron chi connectivity index (χ3n) is 6.50. The molecular formula is C25H28FN3OS. The largest absolute Gasteiger partial charge is 0.383 e. The Bertz CT molecular complexity index is 1120. The molecule has 2 aromatic heterocycles. The summed E-state index contributed by atoms with van der Waals surface area (Å²) in [6.45, 7) is 3.45. The Hall–Kier alpha value is -2.15. The Morgan fingerprint density at radius 1 is 1.06 bits per heavy atom. The highest BCUT2D eigenvalue weighted by molar-refractivity contribution is 7.11. The molecule has 1 atom stereocenters. The molecule has 1 unspecified atom stereocenters. The molecule has 0 fully saturated rings. The van der Waals surface area contributed by atoms with Gasteiger partial charge in [-0.3, -0.25) is 0 Å². The second-order valence-corrected chi connectivity index (χ2v) is 10.3. The summed E-state index contributed by atoms with van der Waals surface area (Å²) in [5.74, 6) is -0.456. The van der Waals surface area contributed by atoms with Crippen LogP contribution in [0.25, 0.3) is 11.3 Å². The summed E-state index contributed by atoms with van der Waals surface area (Å²) in [5.41, 5.74) is 7.34. The number of nitrogens with zero attached hydrogens (tertiary/aromatic N) is 2. The maximum Gasteiger partial charge on any atom is 0.213 e. The Balaban J connectivity index is 1.62. The van der Waals surface area contributed by atoms with E-state index in [0.717, 1.165) is 54.7 Å². The highest BCUT2D eigenvalue weighted by atomic mass is 32.1. The van der Waals surface area contributed by atoms with Crippen molar-refractivity contribution in [2.24, 2.45) is 0 Å². The first-order valence-corrected chi connectivity index (χ1v) is 11.9. The number of hydrogen-bond acceptors (Lipinski definition) is 5. The van der Waals surface area contributed by atoms with Crippen molar-refractivity contribution < 1.29 is 9.50 Å². The number of fused-ring (bicyclic) bond motifs is 2. The van der Waals surface area contributed by atoms with Crippen molar-refractivity contribution in [2.45, 2.75) is 64.0 Å². The quantitative estimate of drug-likeness (QED) is 0.560. The lowest BCUT2D eigenvalue weighted by Gasteiger charge is -2.19. The summed E-state index contributed by atoms with van der Waals surface area (Å²) in [5, 5.41) is 14.3. The number of aliphatic hydroxyl groups is 1. The molecule has 2 heterocycles. The summed E-state index contributed by atoms with van der Waals surface area (Å²) in [4.78, 5) is 9.71. The molecule has 4 nitrogen and oxygen atoms in total. The first-order valence-electron chi connectivity index (χ1n) is 11.1. The fourth-order valence-corrected chi connectivity index (χ4v) is 6.17. The molecule has 0 saturated carbocycles. The van der Waals surface area contributed by atoms with E-state index in [4.69, 9.17) is 0 Å². The first-order chi connectivity index (χ1) is 14.8. The van der Waals surface area contributed by atoms with Crippen molar-refractivity contribution in [1.82, 2.24) is 15.3 Å². The van der Waals surface area contributed by atoms with Crippen molar-refractivity contribution in [3.8, 4) is 11.3 Å². The summed E-state index contributed by atoms with van der Waals surface area (Å²) < 4.78 is 14.8.